The second-order valence-electron chi connectivity index (χ2n) is 6.20. The molecule has 21 heavy (non-hydrogen) atoms. The lowest BCUT2D eigenvalue weighted by Gasteiger charge is -2.33. The third-order valence-electron chi connectivity index (χ3n) is 4.53. The molecule has 6 heteroatoms. The molecule has 118 valence electrons. The fourth-order valence-corrected chi connectivity index (χ4v) is 3.03. The number of nitrogens with one attached hydrogen (secondary N) is 1. The summed E-state index contributed by atoms with van der Waals surface area (Å²) in [7, 11) is 3.90. The van der Waals surface area contributed by atoms with Gasteiger partial charge in [-0.25, -0.2) is 0 Å². The van der Waals surface area contributed by atoms with E-state index < -0.39 is 0 Å². The molecule has 1 aliphatic carbocycles. The van der Waals surface area contributed by atoms with Crippen LogP contribution in [0.15, 0.2) is 0 Å². The van der Waals surface area contributed by atoms with Gasteiger partial charge in [-0.2, -0.15) is 5.10 Å². The Bertz CT molecular complexity index is 502. The third-order valence-corrected chi connectivity index (χ3v) is 4.53. The van der Waals surface area contributed by atoms with Crippen molar-refractivity contribution in [2.75, 3.05) is 18.9 Å². The maximum atomic E-state index is 12.2. The summed E-state index contributed by atoms with van der Waals surface area (Å²) in [6.45, 7) is 4.28. The Labute approximate surface area is 126 Å². The lowest BCUT2D eigenvalue weighted by molar-refractivity contribution is -0.117. The van der Waals surface area contributed by atoms with E-state index in [0.717, 1.165) is 42.8 Å². The Morgan fingerprint density at radius 1 is 1.38 bits per heavy atom. The van der Waals surface area contributed by atoms with Crippen LogP contribution < -0.4 is 11.1 Å². The van der Waals surface area contributed by atoms with Gasteiger partial charge in [0.15, 0.2) is 0 Å². The fraction of sp³-hybridized carbons (Fsp3) is 0.733. The highest BCUT2D eigenvalue weighted by molar-refractivity contribution is 5.93. The minimum absolute atomic E-state index is 0.0200. The number of amides is 1. The van der Waals surface area contributed by atoms with E-state index in [1.54, 1.807) is 4.68 Å². The summed E-state index contributed by atoms with van der Waals surface area (Å²) in [6.07, 6.45) is 4.26. The molecule has 3 N–H and O–H groups in total. The van der Waals surface area contributed by atoms with E-state index >= 15 is 0 Å². The van der Waals surface area contributed by atoms with Gasteiger partial charge in [0.25, 0.3) is 0 Å². The molecule has 0 bridgehead atoms. The summed E-state index contributed by atoms with van der Waals surface area (Å²) in [6, 6.07) is 0.802. The number of nitrogens with zero attached hydrogens (tertiary/aromatic N) is 3. The lowest BCUT2D eigenvalue weighted by Crippen LogP contribution is -2.42. The first kappa shape index (κ1) is 16.0. The van der Waals surface area contributed by atoms with E-state index in [0.29, 0.717) is 18.6 Å². The van der Waals surface area contributed by atoms with Gasteiger partial charge in [-0.15, -0.1) is 0 Å². The molecule has 1 amide bonds. The number of anilines is 1. The zero-order valence-electron chi connectivity index (χ0n) is 13.5. The van der Waals surface area contributed by atoms with Crippen LogP contribution >= 0.6 is 0 Å². The molecule has 1 heterocycles. The number of nitrogens with two attached hydrogens (primary N) is 1. The molecule has 0 radical (unpaired) electrons. The Hall–Kier alpha value is -1.40. The predicted molar refractivity (Wildman–Crippen MR) is 84.2 cm³/mol. The van der Waals surface area contributed by atoms with Crippen LogP contribution in [-0.4, -0.2) is 46.3 Å². The molecule has 0 spiro atoms. The highest BCUT2D eigenvalue weighted by Gasteiger charge is 2.23. The van der Waals surface area contributed by atoms with Crippen molar-refractivity contribution in [3.8, 4) is 0 Å². The molecule has 1 aliphatic rings. The van der Waals surface area contributed by atoms with Crippen molar-refractivity contribution in [3.63, 3.8) is 0 Å². The molecule has 6 nitrogen and oxygen atoms in total. The monoisotopic (exact) mass is 293 g/mol. The molecule has 1 saturated carbocycles. The number of aryl methyl sites for hydroxylation is 2. The summed E-state index contributed by atoms with van der Waals surface area (Å²) < 4.78 is 1.79. The largest absolute Gasteiger partial charge is 0.328 e. The van der Waals surface area contributed by atoms with Crippen molar-refractivity contribution in [2.45, 2.75) is 51.6 Å². The van der Waals surface area contributed by atoms with Crippen LogP contribution in [-0.2, 0) is 11.8 Å². The van der Waals surface area contributed by atoms with Gasteiger partial charge in [0.2, 0.25) is 5.91 Å². The first-order valence-electron chi connectivity index (χ1n) is 7.64. The number of carbonyl (C=O) groups is 1. The van der Waals surface area contributed by atoms with E-state index in [4.69, 9.17) is 5.73 Å². The minimum Gasteiger partial charge on any atom is -0.328 e. The number of aromatic nitrogens is 2. The molecule has 0 saturated heterocycles. The van der Waals surface area contributed by atoms with Crippen LogP contribution in [0.4, 0.5) is 5.69 Å². The van der Waals surface area contributed by atoms with Crippen LogP contribution in [0.1, 0.15) is 37.1 Å². The van der Waals surface area contributed by atoms with E-state index in [2.05, 4.69) is 15.3 Å². The Balaban J connectivity index is 1.89. The molecular weight excluding hydrogens is 266 g/mol. The minimum atomic E-state index is 0.0200. The summed E-state index contributed by atoms with van der Waals surface area (Å²) >= 11 is 0. The highest BCUT2D eigenvalue weighted by Crippen LogP contribution is 2.22. The average molecular weight is 293 g/mol. The van der Waals surface area contributed by atoms with Gasteiger partial charge in [-0.05, 0) is 46.6 Å². The smallest absolute Gasteiger partial charge is 0.238 e. The van der Waals surface area contributed by atoms with Gasteiger partial charge in [-0.1, -0.05) is 0 Å². The van der Waals surface area contributed by atoms with Crippen LogP contribution in [0.5, 0.6) is 0 Å². The van der Waals surface area contributed by atoms with Crippen LogP contribution in [0, 0.1) is 13.8 Å². The number of hydrogen-bond acceptors (Lipinski definition) is 4. The first-order valence-corrected chi connectivity index (χ1v) is 7.64. The molecule has 1 aromatic rings. The molecule has 1 aromatic heterocycles. The van der Waals surface area contributed by atoms with Gasteiger partial charge >= 0.3 is 0 Å². The quantitative estimate of drug-likeness (QED) is 0.874. The Morgan fingerprint density at radius 3 is 2.52 bits per heavy atom. The predicted octanol–water partition coefficient (Wildman–Crippen LogP) is 1.18. The number of hydrogen-bond donors (Lipinski definition) is 2. The number of likely N-dealkylation sites (N-methyl/N-ethyl adjacent to an activating group) is 1. The van der Waals surface area contributed by atoms with E-state index in [1.165, 1.54) is 0 Å². The lowest BCUT2D eigenvalue weighted by atomic mass is 9.91. The second-order valence-corrected chi connectivity index (χ2v) is 6.20. The fourth-order valence-electron chi connectivity index (χ4n) is 3.03. The molecule has 0 aromatic carbocycles. The average Bonchev–Trinajstić information content (AvgIpc) is 2.66. The highest BCUT2D eigenvalue weighted by atomic mass is 16.2. The molecule has 0 unspecified atom stereocenters. The van der Waals surface area contributed by atoms with Crippen molar-refractivity contribution in [2.24, 2.45) is 12.8 Å². The summed E-state index contributed by atoms with van der Waals surface area (Å²) in [5.74, 6) is 0.0200. The maximum Gasteiger partial charge on any atom is 0.238 e. The second kappa shape index (κ2) is 6.58. The van der Waals surface area contributed by atoms with Crippen LogP contribution in [0.3, 0.4) is 0 Å². The molecule has 2 rings (SSSR count). The van der Waals surface area contributed by atoms with Crippen molar-refractivity contribution in [1.82, 2.24) is 14.7 Å². The summed E-state index contributed by atoms with van der Waals surface area (Å²) in [4.78, 5) is 14.4. The van der Waals surface area contributed by atoms with Crippen LogP contribution in [0.25, 0.3) is 0 Å². The van der Waals surface area contributed by atoms with E-state index in [9.17, 15) is 4.79 Å². The molecule has 1 fully saturated rings. The summed E-state index contributed by atoms with van der Waals surface area (Å²) in [5.41, 5.74) is 8.60. The van der Waals surface area contributed by atoms with Gasteiger partial charge in [0, 0.05) is 19.1 Å². The van der Waals surface area contributed by atoms with Crippen molar-refractivity contribution in [1.29, 1.82) is 0 Å². The SMILES string of the molecule is Cc1nn(C)c(C)c1NC(=O)CN(C)C1CCC(N)CC1. The molecule has 0 aliphatic heterocycles. The van der Waals surface area contributed by atoms with Gasteiger partial charge in [-0.3, -0.25) is 14.4 Å². The van der Waals surface area contributed by atoms with E-state index in [-0.39, 0.29) is 5.91 Å². The van der Waals surface area contributed by atoms with Crippen molar-refractivity contribution >= 4 is 11.6 Å². The number of rotatable bonds is 4. The standard InChI is InChI=1S/C15H27N5O/c1-10-15(11(2)20(4)18-10)17-14(21)9-19(3)13-7-5-12(16)6-8-13/h12-13H,5-9,16H2,1-4H3,(H,17,21). The molecule has 0 atom stereocenters. The van der Waals surface area contributed by atoms with Crippen molar-refractivity contribution in [3.05, 3.63) is 11.4 Å². The van der Waals surface area contributed by atoms with Gasteiger partial charge in [0.05, 0.1) is 23.6 Å². The topological polar surface area (TPSA) is 76.2 Å². The van der Waals surface area contributed by atoms with Gasteiger partial charge < -0.3 is 11.1 Å². The van der Waals surface area contributed by atoms with Crippen molar-refractivity contribution < 1.29 is 4.79 Å². The Morgan fingerprint density at radius 2 is 2.00 bits per heavy atom. The number of carbonyl (C=O) groups excluding carboxylic acids is 1. The zero-order chi connectivity index (χ0) is 15.6. The van der Waals surface area contributed by atoms with Gasteiger partial charge in [0.1, 0.15) is 0 Å². The zero-order valence-corrected chi connectivity index (χ0v) is 13.5. The molecular formula is C15H27N5O. The third kappa shape index (κ3) is 3.83. The van der Waals surface area contributed by atoms with E-state index in [1.807, 2.05) is 27.9 Å². The maximum absolute atomic E-state index is 12.2. The van der Waals surface area contributed by atoms with Crippen LogP contribution in [0.2, 0.25) is 0 Å². The first-order chi connectivity index (χ1) is 9.88. The Kier molecular flexibility index (Phi) is 5.00. The normalized spacial score (nSPS) is 22.6. The summed E-state index contributed by atoms with van der Waals surface area (Å²) in [5, 5.41) is 7.30.